The molecule has 0 unspecified atom stereocenters. The second-order valence-electron chi connectivity index (χ2n) is 5.27. The van der Waals surface area contributed by atoms with Crippen molar-refractivity contribution in [2.45, 2.75) is 11.8 Å². The van der Waals surface area contributed by atoms with E-state index in [4.69, 9.17) is 17.4 Å². The van der Waals surface area contributed by atoms with E-state index in [-0.39, 0.29) is 16.3 Å². The highest BCUT2D eigenvalue weighted by molar-refractivity contribution is 7.92. The van der Waals surface area contributed by atoms with Crippen molar-refractivity contribution >= 4 is 38.9 Å². The number of aryl methyl sites for hydroxylation is 1. The quantitative estimate of drug-likeness (QED) is 0.329. The van der Waals surface area contributed by atoms with Crippen LogP contribution in [0.15, 0.2) is 47.4 Å². The fourth-order valence-electron chi connectivity index (χ4n) is 2.16. The van der Waals surface area contributed by atoms with Gasteiger partial charge in [-0.05, 0) is 36.8 Å². The Kier molecular flexibility index (Phi) is 5.80. The number of nitro groups is 1. The molecule has 1 amide bonds. The fraction of sp³-hybridized carbons (Fsp3) is 0.133. The predicted octanol–water partition coefficient (Wildman–Crippen LogP) is 1.74. The minimum Gasteiger partial charge on any atom is -0.293 e. The Morgan fingerprint density at radius 3 is 2.58 bits per heavy atom. The lowest BCUT2D eigenvalue weighted by Crippen LogP contribution is -2.43. The normalized spacial score (nSPS) is 11.0. The summed E-state index contributed by atoms with van der Waals surface area (Å²) >= 11 is 5.96. The molecule has 0 heterocycles. The number of rotatable bonds is 6. The first-order chi connectivity index (χ1) is 12.2. The molecule has 0 aromatic heterocycles. The minimum atomic E-state index is -4.28. The van der Waals surface area contributed by atoms with Crippen molar-refractivity contribution in [3.05, 3.63) is 63.2 Å². The minimum absolute atomic E-state index is 0.169. The smallest absolute Gasteiger partial charge is 0.270 e. The highest BCUT2D eigenvalue weighted by atomic mass is 35.5. The van der Waals surface area contributed by atoms with Crippen LogP contribution < -0.4 is 15.6 Å². The van der Waals surface area contributed by atoms with Crippen LogP contribution in [-0.4, -0.2) is 25.8 Å². The summed E-state index contributed by atoms with van der Waals surface area (Å²) in [5, 5.41) is 11.3. The fourth-order valence-corrected chi connectivity index (χ4v) is 3.73. The maximum atomic E-state index is 13.0. The molecule has 0 bridgehead atoms. The van der Waals surface area contributed by atoms with Crippen LogP contribution in [-0.2, 0) is 14.8 Å². The van der Waals surface area contributed by atoms with E-state index in [2.05, 4.69) is 0 Å². The lowest BCUT2D eigenvalue weighted by atomic mass is 10.2. The van der Waals surface area contributed by atoms with E-state index < -0.39 is 27.4 Å². The Morgan fingerprint density at radius 2 is 2.00 bits per heavy atom. The number of non-ortho nitro benzene ring substituents is 1. The van der Waals surface area contributed by atoms with Crippen molar-refractivity contribution < 1.29 is 18.1 Å². The van der Waals surface area contributed by atoms with Gasteiger partial charge in [-0.25, -0.2) is 14.3 Å². The maximum Gasteiger partial charge on any atom is 0.270 e. The molecule has 138 valence electrons. The summed E-state index contributed by atoms with van der Waals surface area (Å²) in [5.41, 5.74) is 2.24. The molecule has 11 heteroatoms. The predicted molar refractivity (Wildman–Crippen MR) is 96.1 cm³/mol. The van der Waals surface area contributed by atoms with E-state index in [9.17, 15) is 23.3 Å². The summed E-state index contributed by atoms with van der Waals surface area (Å²) in [6, 6.07) is 8.95. The number of nitrogens with two attached hydrogens (primary N) is 1. The van der Waals surface area contributed by atoms with E-state index in [0.717, 1.165) is 10.4 Å². The average molecular weight is 399 g/mol. The zero-order chi connectivity index (χ0) is 19.5. The number of hydrogen-bond donors (Lipinski definition) is 2. The Balaban J connectivity index is 2.59. The molecule has 9 nitrogen and oxygen atoms in total. The van der Waals surface area contributed by atoms with Gasteiger partial charge in [0.25, 0.3) is 21.6 Å². The van der Waals surface area contributed by atoms with E-state index >= 15 is 0 Å². The highest BCUT2D eigenvalue weighted by Gasteiger charge is 2.28. The first-order valence-corrected chi connectivity index (χ1v) is 9.01. The largest absolute Gasteiger partial charge is 0.293 e. The maximum absolute atomic E-state index is 13.0. The molecule has 3 N–H and O–H groups in total. The van der Waals surface area contributed by atoms with Gasteiger partial charge < -0.3 is 0 Å². The lowest BCUT2D eigenvalue weighted by molar-refractivity contribution is -0.385. The van der Waals surface area contributed by atoms with E-state index in [1.165, 1.54) is 36.4 Å². The number of amides is 1. The molecule has 26 heavy (non-hydrogen) atoms. The number of sulfonamides is 1. The number of hydrazine groups is 1. The van der Waals surface area contributed by atoms with Gasteiger partial charge in [-0.3, -0.25) is 24.6 Å². The van der Waals surface area contributed by atoms with Crippen LogP contribution in [0.4, 0.5) is 11.4 Å². The molecule has 0 atom stereocenters. The van der Waals surface area contributed by atoms with Gasteiger partial charge >= 0.3 is 0 Å². The molecule has 2 aromatic carbocycles. The lowest BCUT2D eigenvalue weighted by Gasteiger charge is -2.24. The molecule has 0 radical (unpaired) electrons. The number of carbonyl (C=O) groups is 1. The molecule has 2 rings (SSSR count). The van der Waals surface area contributed by atoms with Crippen molar-refractivity contribution in [3.63, 3.8) is 0 Å². The average Bonchev–Trinajstić information content (AvgIpc) is 2.61. The summed E-state index contributed by atoms with van der Waals surface area (Å²) in [6.07, 6.45) is 0. The standard InChI is InChI=1S/C15H15ClN4O5S/c1-10-7-11(5-6-14(10)16)19(9-15(21)18-17)26(24,25)13-4-2-3-12(8-13)20(22)23/h2-8H,9,17H2,1H3,(H,18,21). The van der Waals surface area contributed by atoms with Crippen LogP contribution in [0.3, 0.4) is 0 Å². The van der Waals surface area contributed by atoms with Gasteiger partial charge in [0.15, 0.2) is 0 Å². The summed E-state index contributed by atoms with van der Waals surface area (Å²) < 4.78 is 26.8. The van der Waals surface area contributed by atoms with Gasteiger partial charge in [-0.1, -0.05) is 17.7 Å². The Morgan fingerprint density at radius 1 is 1.31 bits per heavy atom. The molecule has 0 aliphatic carbocycles. The third kappa shape index (κ3) is 4.10. The number of nitro benzene ring substituents is 1. The van der Waals surface area contributed by atoms with Gasteiger partial charge in [-0.2, -0.15) is 0 Å². The molecular weight excluding hydrogens is 384 g/mol. The zero-order valence-corrected chi connectivity index (χ0v) is 15.1. The van der Waals surface area contributed by atoms with Crippen molar-refractivity contribution in [3.8, 4) is 0 Å². The number of halogens is 1. The third-order valence-electron chi connectivity index (χ3n) is 3.49. The SMILES string of the molecule is Cc1cc(N(CC(=O)NN)S(=O)(=O)c2cccc([N+](=O)[O-])c2)ccc1Cl. The summed E-state index contributed by atoms with van der Waals surface area (Å²) in [4.78, 5) is 21.6. The number of carbonyl (C=O) groups excluding carboxylic acids is 1. The molecule has 0 fully saturated rings. The highest BCUT2D eigenvalue weighted by Crippen LogP contribution is 2.28. The first-order valence-electron chi connectivity index (χ1n) is 7.19. The van der Waals surface area contributed by atoms with E-state index in [1.807, 2.05) is 5.43 Å². The van der Waals surface area contributed by atoms with Gasteiger partial charge in [0.1, 0.15) is 6.54 Å². The van der Waals surface area contributed by atoms with Crippen molar-refractivity contribution in [2.75, 3.05) is 10.8 Å². The van der Waals surface area contributed by atoms with Gasteiger partial charge in [0.05, 0.1) is 15.5 Å². The molecule has 0 spiro atoms. The van der Waals surface area contributed by atoms with Crippen LogP contribution in [0.2, 0.25) is 5.02 Å². The van der Waals surface area contributed by atoms with Crippen LogP contribution in [0, 0.1) is 17.0 Å². The van der Waals surface area contributed by atoms with Crippen molar-refractivity contribution in [1.82, 2.24) is 5.43 Å². The topological polar surface area (TPSA) is 136 Å². The van der Waals surface area contributed by atoms with Gasteiger partial charge in [-0.15, -0.1) is 0 Å². The second-order valence-corrected chi connectivity index (χ2v) is 7.54. The van der Waals surface area contributed by atoms with Gasteiger partial charge in [0, 0.05) is 17.2 Å². The van der Waals surface area contributed by atoms with Crippen molar-refractivity contribution in [2.24, 2.45) is 5.84 Å². The number of benzene rings is 2. The first kappa shape index (κ1) is 19.6. The van der Waals surface area contributed by atoms with Crippen LogP contribution in [0.5, 0.6) is 0 Å². The second kappa shape index (κ2) is 7.68. The van der Waals surface area contributed by atoms with Gasteiger partial charge in [0.2, 0.25) is 0 Å². The molecule has 0 aliphatic rings. The summed E-state index contributed by atoms with van der Waals surface area (Å²) in [5.74, 6) is 4.31. The molecular formula is C15H15ClN4O5S. The Labute approximate surface area is 154 Å². The summed E-state index contributed by atoms with van der Waals surface area (Å²) in [7, 11) is -4.28. The molecule has 0 saturated heterocycles. The number of anilines is 1. The number of nitrogens with one attached hydrogen (secondary N) is 1. The van der Waals surface area contributed by atoms with E-state index in [1.54, 1.807) is 6.92 Å². The van der Waals surface area contributed by atoms with Crippen LogP contribution in [0.1, 0.15) is 5.56 Å². The van der Waals surface area contributed by atoms with Crippen LogP contribution in [0.25, 0.3) is 0 Å². The van der Waals surface area contributed by atoms with Crippen molar-refractivity contribution in [1.29, 1.82) is 0 Å². The monoisotopic (exact) mass is 398 g/mol. The number of nitrogens with zero attached hydrogens (tertiary/aromatic N) is 2. The van der Waals surface area contributed by atoms with E-state index in [0.29, 0.717) is 10.6 Å². The Bertz CT molecular complexity index is 964. The molecule has 2 aromatic rings. The molecule has 0 saturated carbocycles. The number of hydrogen-bond acceptors (Lipinski definition) is 6. The third-order valence-corrected chi connectivity index (χ3v) is 5.69. The Hall–Kier alpha value is -2.69. The zero-order valence-electron chi connectivity index (χ0n) is 13.5. The molecule has 0 aliphatic heterocycles. The summed E-state index contributed by atoms with van der Waals surface area (Å²) in [6.45, 7) is 1.07. The van der Waals surface area contributed by atoms with Crippen LogP contribution >= 0.6 is 11.6 Å².